The summed E-state index contributed by atoms with van der Waals surface area (Å²) in [6.45, 7) is 3.88. The van der Waals surface area contributed by atoms with Gasteiger partial charge in [-0.15, -0.1) is 12.4 Å². The first kappa shape index (κ1) is 13.6. The highest BCUT2D eigenvalue weighted by Crippen LogP contribution is 2.46. The van der Waals surface area contributed by atoms with E-state index in [2.05, 4.69) is 0 Å². The monoisotopic (exact) mass is 271 g/mol. The zero-order chi connectivity index (χ0) is 12.2. The minimum absolute atomic E-state index is 0. The van der Waals surface area contributed by atoms with Gasteiger partial charge in [0.25, 0.3) is 0 Å². The van der Waals surface area contributed by atoms with Gasteiger partial charge in [-0.05, 0) is 26.0 Å². The average molecular weight is 272 g/mol. The Balaban J connectivity index is 0.00000120. The Kier molecular flexibility index (Phi) is 3.32. The smallest absolute Gasteiger partial charge is 0.202 e. The number of ether oxygens (including phenoxy) is 2. The number of halogens is 1. The van der Waals surface area contributed by atoms with Gasteiger partial charge >= 0.3 is 0 Å². The number of nitrogens with two attached hydrogens (primary N) is 1. The van der Waals surface area contributed by atoms with Gasteiger partial charge in [0.15, 0.2) is 0 Å². The van der Waals surface area contributed by atoms with Gasteiger partial charge in [-0.25, -0.2) is 0 Å². The van der Waals surface area contributed by atoms with Crippen molar-refractivity contribution in [3.05, 3.63) is 29.3 Å². The van der Waals surface area contributed by atoms with Crippen LogP contribution in [0.5, 0.6) is 5.75 Å². The summed E-state index contributed by atoms with van der Waals surface area (Å²) in [4.78, 5) is 0. The highest BCUT2D eigenvalue weighted by Gasteiger charge is 2.51. The Morgan fingerprint density at radius 3 is 2.89 bits per heavy atom. The summed E-state index contributed by atoms with van der Waals surface area (Å²) in [5.74, 6) is 0.792. The fourth-order valence-corrected chi connectivity index (χ4v) is 2.72. The molecule has 0 radical (unpaired) electrons. The molecular formula is C13H18ClNO3. The second-order valence-electron chi connectivity index (χ2n) is 5.12. The molecule has 3 rings (SSSR count). The standard InChI is InChI=1S/C13H17NO3.ClH/c1-7-3-4-10-8(5-7)13(2)12(15)9(14)6-11(16-10)17-13;/h3-5,9,11-12,15H,6,14H2,1-2H3;1H. The van der Waals surface area contributed by atoms with Crippen LogP contribution in [0.4, 0.5) is 0 Å². The van der Waals surface area contributed by atoms with E-state index in [1.54, 1.807) is 0 Å². The van der Waals surface area contributed by atoms with Crippen LogP contribution < -0.4 is 10.5 Å². The third-order valence-electron chi connectivity index (χ3n) is 3.74. The van der Waals surface area contributed by atoms with Crippen molar-refractivity contribution in [2.75, 3.05) is 0 Å². The van der Waals surface area contributed by atoms with Gasteiger partial charge in [0.2, 0.25) is 6.29 Å². The van der Waals surface area contributed by atoms with Crippen LogP contribution in [-0.2, 0) is 10.3 Å². The van der Waals surface area contributed by atoms with Crippen LogP contribution in [-0.4, -0.2) is 23.5 Å². The third kappa shape index (κ3) is 1.80. The maximum absolute atomic E-state index is 10.3. The van der Waals surface area contributed by atoms with Crippen molar-refractivity contribution in [3.63, 3.8) is 0 Å². The lowest BCUT2D eigenvalue weighted by Gasteiger charge is -2.49. The molecule has 2 bridgehead atoms. The molecule has 0 saturated carbocycles. The van der Waals surface area contributed by atoms with Crippen molar-refractivity contribution in [2.45, 2.75) is 44.3 Å². The topological polar surface area (TPSA) is 64.7 Å². The fraction of sp³-hybridized carbons (Fsp3) is 0.538. The van der Waals surface area contributed by atoms with Gasteiger partial charge in [-0.3, -0.25) is 0 Å². The van der Waals surface area contributed by atoms with Gasteiger partial charge in [-0.2, -0.15) is 0 Å². The molecule has 0 aliphatic carbocycles. The molecule has 0 spiro atoms. The number of hydrogen-bond donors (Lipinski definition) is 2. The number of rotatable bonds is 0. The van der Waals surface area contributed by atoms with E-state index in [0.717, 1.165) is 16.9 Å². The zero-order valence-corrected chi connectivity index (χ0v) is 11.2. The number of aliphatic hydroxyl groups is 1. The van der Waals surface area contributed by atoms with E-state index < -0.39 is 11.7 Å². The van der Waals surface area contributed by atoms with Crippen molar-refractivity contribution < 1.29 is 14.6 Å². The third-order valence-corrected chi connectivity index (χ3v) is 3.74. The first-order valence-electron chi connectivity index (χ1n) is 5.90. The summed E-state index contributed by atoms with van der Waals surface area (Å²) in [7, 11) is 0. The summed E-state index contributed by atoms with van der Waals surface area (Å²) in [5.41, 5.74) is 7.18. The molecule has 1 saturated heterocycles. The molecule has 1 aromatic carbocycles. The molecule has 2 aliphatic heterocycles. The molecular weight excluding hydrogens is 254 g/mol. The number of aliphatic hydroxyl groups excluding tert-OH is 1. The first-order valence-corrected chi connectivity index (χ1v) is 5.90. The van der Waals surface area contributed by atoms with Gasteiger partial charge in [0, 0.05) is 18.0 Å². The van der Waals surface area contributed by atoms with Gasteiger partial charge in [0.1, 0.15) is 17.5 Å². The van der Waals surface area contributed by atoms with E-state index >= 15 is 0 Å². The molecule has 5 heteroatoms. The lowest BCUT2D eigenvalue weighted by Crippen LogP contribution is -2.60. The summed E-state index contributed by atoms with van der Waals surface area (Å²) in [6.07, 6.45) is -0.541. The Morgan fingerprint density at radius 2 is 2.17 bits per heavy atom. The minimum Gasteiger partial charge on any atom is -0.464 e. The maximum Gasteiger partial charge on any atom is 0.202 e. The lowest BCUT2D eigenvalue weighted by atomic mass is 9.80. The van der Waals surface area contributed by atoms with Gasteiger partial charge in [-0.1, -0.05) is 11.6 Å². The predicted molar refractivity (Wildman–Crippen MR) is 69.9 cm³/mol. The van der Waals surface area contributed by atoms with Crippen molar-refractivity contribution in [3.8, 4) is 5.75 Å². The molecule has 100 valence electrons. The Labute approximate surface area is 112 Å². The molecule has 1 aromatic rings. The van der Waals surface area contributed by atoms with Crippen molar-refractivity contribution >= 4 is 12.4 Å². The molecule has 2 aliphatic rings. The molecule has 0 aromatic heterocycles. The van der Waals surface area contributed by atoms with Crippen LogP contribution in [0.3, 0.4) is 0 Å². The molecule has 2 heterocycles. The van der Waals surface area contributed by atoms with Crippen LogP contribution in [0.1, 0.15) is 24.5 Å². The highest BCUT2D eigenvalue weighted by molar-refractivity contribution is 5.85. The van der Waals surface area contributed by atoms with Gasteiger partial charge in [0.05, 0.1) is 0 Å². The maximum atomic E-state index is 10.3. The highest BCUT2D eigenvalue weighted by atomic mass is 35.5. The van der Waals surface area contributed by atoms with E-state index in [0.29, 0.717) is 6.42 Å². The lowest BCUT2D eigenvalue weighted by molar-refractivity contribution is -0.262. The van der Waals surface area contributed by atoms with Crippen LogP contribution >= 0.6 is 12.4 Å². The van der Waals surface area contributed by atoms with Crippen LogP contribution in [0.2, 0.25) is 0 Å². The SMILES string of the molecule is Cc1ccc2c(c1)C1(C)OC(CC(N)C1O)O2.Cl. The molecule has 4 nitrogen and oxygen atoms in total. The zero-order valence-electron chi connectivity index (χ0n) is 10.4. The van der Waals surface area contributed by atoms with E-state index in [1.807, 2.05) is 32.0 Å². The Morgan fingerprint density at radius 1 is 1.44 bits per heavy atom. The molecule has 1 fully saturated rings. The second kappa shape index (κ2) is 4.38. The van der Waals surface area contributed by atoms with E-state index in [9.17, 15) is 5.11 Å². The number of aryl methyl sites for hydroxylation is 1. The average Bonchev–Trinajstić information content (AvgIpc) is 2.28. The normalized spacial score (nSPS) is 37.2. The molecule has 3 N–H and O–H groups in total. The Bertz CT molecular complexity index is 468. The summed E-state index contributed by atoms with van der Waals surface area (Å²) in [6, 6.07) is 5.61. The van der Waals surface area contributed by atoms with Crippen LogP contribution in [0, 0.1) is 6.92 Å². The van der Waals surface area contributed by atoms with Crippen molar-refractivity contribution in [2.24, 2.45) is 5.73 Å². The van der Waals surface area contributed by atoms with E-state index in [1.165, 1.54) is 0 Å². The summed E-state index contributed by atoms with van der Waals surface area (Å²) < 4.78 is 11.6. The molecule has 0 amide bonds. The van der Waals surface area contributed by atoms with Gasteiger partial charge < -0.3 is 20.3 Å². The fourth-order valence-electron chi connectivity index (χ4n) is 2.72. The minimum atomic E-state index is -0.762. The van der Waals surface area contributed by atoms with Crippen molar-refractivity contribution in [1.82, 2.24) is 0 Å². The summed E-state index contributed by atoms with van der Waals surface area (Å²) >= 11 is 0. The molecule has 4 atom stereocenters. The van der Waals surface area contributed by atoms with Crippen molar-refractivity contribution in [1.29, 1.82) is 0 Å². The first-order chi connectivity index (χ1) is 8.00. The molecule has 4 unspecified atom stereocenters. The predicted octanol–water partition coefficient (Wildman–Crippen LogP) is 1.46. The second-order valence-corrected chi connectivity index (χ2v) is 5.12. The molecule has 18 heavy (non-hydrogen) atoms. The Hall–Kier alpha value is -0.810. The van der Waals surface area contributed by atoms with Crippen LogP contribution in [0.15, 0.2) is 18.2 Å². The number of hydrogen-bond acceptors (Lipinski definition) is 4. The van der Waals surface area contributed by atoms with E-state index in [-0.39, 0.29) is 24.7 Å². The number of benzene rings is 1. The van der Waals surface area contributed by atoms with E-state index in [4.69, 9.17) is 15.2 Å². The summed E-state index contributed by atoms with van der Waals surface area (Å²) in [5, 5.41) is 10.3. The largest absolute Gasteiger partial charge is 0.464 e. The number of fused-ring (bicyclic) bond motifs is 4. The van der Waals surface area contributed by atoms with Crippen LogP contribution in [0.25, 0.3) is 0 Å². The quantitative estimate of drug-likeness (QED) is 0.750.